The van der Waals surface area contributed by atoms with Crippen molar-refractivity contribution in [3.8, 4) is 6.07 Å². The van der Waals surface area contributed by atoms with Crippen LogP contribution in [-0.2, 0) is 11.2 Å². The highest BCUT2D eigenvalue weighted by atomic mass is 35.5. The number of carboxylic acid groups (broad SMARTS) is 1. The van der Waals surface area contributed by atoms with Gasteiger partial charge in [0.15, 0.2) is 0 Å². The minimum Gasteiger partial charge on any atom is -0.481 e. The van der Waals surface area contributed by atoms with Gasteiger partial charge in [0.25, 0.3) is 5.69 Å². The number of rotatable bonds is 3. The zero-order valence-electron chi connectivity index (χ0n) is 7.81. The molecular weight excluding hydrogens is 236 g/mol. The molecule has 0 unspecified atom stereocenters. The van der Waals surface area contributed by atoms with Crippen LogP contribution >= 0.6 is 11.6 Å². The monoisotopic (exact) mass is 240 g/mol. The first kappa shape index (κ1) is 11.9. The van der Waals surface area contributed by atoms with Crippen LogP contribution in [-0.4, -0.2) is 16.0 Å². The molecule has 0 heterocycles. The summed E-state index contributed by atoms with van der Waals surface area (Å²) in [5, 5.41) is 27.6. The van der Waals surface area contributed by atoms with Gasteiger partial charge in [-0.2, -0.15) is 5.26 Å². The molecule has 0 spiro atoms. The minimum absolute atomic E-state index is 0.177. The summed E-state index contributed by atoms with van der Waals surface area (Å²) in [4.78, 5) is 20.3. The number of hydrogen-bond acceptors (Lipinski definition) is 4. The van der Waals surface area contributed by atoms with E-state index in [4.69, 9.17) is 22.0 Å². The zero-order chi connectivity index (χ0) is 12.3. The van der Waals surface area contributed by atoms with Crippen molar-refractivity contribution in [2.45, 2.75) is 6.42 Å². The molecule has 82 valence electrons. The summed E-state index contributed by atoms with van der Waals surface area (Å²) in [6, 6.07) is 3.90. The summed E-state index contributed by atoms with van der Waals surface area (Å²) in [7, 11) is 0. The molecule has 0 bridgehead atoms. The van der Waals surface area contributed by atoms with Gasteiger partial charge in [0, 0.05) is 6.07 Å². The number of benzene rings is 1. The molecule has 0 aliphatic carbocycles. The first-order valence-electron chi connectivity index (χ1n) is 4.05. The van der Waals surface area contributed by atoms with Crippen LogP contribution in [0.4, 0.5) is 5.69 Å². The van der Waals surface area contributed by atoms with Crippen LogP contribution in [0.3, 0.4) is 0 Å². The molecule has 6 nitrogen and oxygen atoms in total. The molecule has 0 aliphatic heterocycles. The van der Waals surface area contributed by atoms with Crippen LogP contribution in [0.15, 0.2) is 12.1 Å². The van der Waals surface area contributed by atoms with Gasteiger partial charge in [-0.15, -0.1) is 0 Å². The summed E-state index contributed by atoms with van der Waals surface area (Å²) in [5.41, 5.74) is -0.566. The lowest BCUT2D eigenvalue weighted by molar-refractivity contribution is -0.385. The molecule has 0 aromatic heterocycles. The number of hydrogen-bond donors (Lipinski definition) is 1. The number of carboxylic acids is 1. The molecule has 1 aromatic rings. The molecule has 0 saturated heterocycles. The van der Waals surface area contributed by atoms with Crippen molar-refractivity contribution in [2.75, 3.05) is 0 Å². The highest BCUT2D eigenvalue weighted by Crippen LogP contribution is 2.29. The lowest BCUT2D eigenvalue weighted by atomic mass is 10.1. The Labute approximate surface area is 94.8 Å². The van der Waals surface area contributed by atoms with Crippen molar-refractivity contribution < 1.29 is 14.8 Å². The fourth-order valence-corrected chi connectivity index (χ4v) is 1.44. The third kappa shape index (κ3) is 2.27. The van der Waals surface area contributed by atoms with E-state index in [9.17, 15) is 14.9 Å². The topological polar surface area (TPSA) is 104 Å². The number of nitro groups is 1. The molecule has 1 N–H and O–H groups in total. The number of nitriles is 1. The van der Waals surface area contributed by atoms with Gasteiger partial charge in [-0.3, -0.25) is 14.9 Å². The Kier molecular flexibility index (Phi) is 3.43. The van der Waals surface area contributed by atoms with Crippen molar-refractivity contribution in [3.05, 3.63) is 38.4 Å². The maximum atomic E-state index is 10.5. The summed E-state index contributed by atoms with van der Waals surface area (Å²) in [6.07, 6.45) is -0.383. The Morgan fingerprint density at radius 2 is 2.25 bits per heavy atom. The quantitative estimate of drug-likeness (QED) is 0.640. The second kappa shape index (κ2) is 4.59. The Hall–Kier alpha value is -2.13. The molecule has 0 amide bonds. The van der Waals surface area contributed by atoms with Crippen molar-refractivity contribution in [1.29, 1.82) is 5.26 Å². The van der Waals surface area contributed by atoms with E-state index in [1.165, 1.54) is 6.07 Å². The van der Waals surface area contributed by atoms with Crippen LogP contribution in [0, 0.1) is 21.4 Å². The van der Waals surface area contributed by atoms with E-state index in [0.717, 1.165) is 6.07 Å². The van der Waals surface area contributed by atoms with Crippen molar-refractivity contribution in [1.82, 2.24) is 0 Å². The number of halogens is 1. The van der Waals surface area contributed by atoms with Crippen LogP contribution in [0.2, 0.25) is 5.02 Å². The van der Waals surface area contributed by atoms with Gasteiger partial charge in [0.2, 0.25) is 0 Å². The summed E-state index contributed by atoms with van der Waals surface area (Å²) in [5.74, 6) is -1.13. The molecule has 0 aliphatic rings. The Bertz CT molecular complexity index is 507. The Morgan fingerprint density at radius 1 is 1.62 bits per heavy atom. The van der Waals surface area contributed by atoms with Gasteiger partial charge in [-0.25, -0.2) is 0 Å². The van der Waals surface area contributed by atoms with Crippen molar-refractivity contribution in [3.63, 3.8) is 0 Å². The smallest absolute Gasteiger partial charge is 0.307 e. The summed E-state index contributed by atoms with van der Waals surface area (Å²) < 4.78 is 0. The van der Waals surface area contributed by atoms with Gasteiger partial charge < -0.3 is 5.11 Å². The highest BCUT2D eigenvalue weighted by Gasteiger charge is 2.20. The average molecular weight is 241 g/mol. The zero-order valence-corrected chi connectivity index (χ0v) is 8.56. The van der Waals surface area contributed by atoms with Gasteiger partial charge in [0.05, 0.1) is 16.4 Å². The number of carbonyl (C=O) groups is 1. The van der Waals surface area contributed by atoms with Crippen LogP contribution < -0.4 is 0 Å². The molecule has 0 fully saturated rings. The third-order valence-electron chi connectivity index (χ3n) is 1.85. The third-order valence-corrected chi connectivity index (χ3v) is 2.28. The van der Waals surface area contributed by atoms with Crippen LogP contribution in [0.1, 0.15) is 11.1 Å². The van der Waals surface area contributed by atoms with Gasteiger partial charge >= 0.3 is 5.97 Å². The fraction of sp³-hybridized carbons (Fsp3) is 0.111. The highest BCUT2D eigenvalue weighted by molar-refractivity contribution is 6.33. The minimum atomic E-state index is -1.13. The van der Waals surface area contributed by atoms with Gasteiger partial charge in [-0.05, 0) is 5.56 Å². The van der Waals surface area contributed by atoms with E-state index in [1.54, 1.807) is 6.07 Å². The van der Waals surface area contributed by atoms with Crippen LogP contribution in [0.25, 0.3) is 0 Å². The molecule has 1 rings (SSSR count). The number of aliphatic carboxylic acids is 1. The number of nitrogens with zero attached hydrogens (tertiary/aromatic N) is 2. The first-order chi connectivity index (χ1) is 7.47. The van der Waals surface area contributed by atoms with Gasteiger partial charge in [0.1, 0.15) is 11.6 Å². The predicted molar refractivity (Wildman–Crippen MR) is 54.2 cm³/mol. The maximum Gasteiger partial charge on any atom is 0.307 e. The summed E-state index contributed by atoms with van der Waals surface area (Å²) >= 11 is 5.71. The molecular formula is C9H5ClN2O4. The normalized spacial score (nSPS) is 9.50. The molecule has 7 heteroatoms. The molecule has 1 aromatic carbocycles. The van der Waals surface area contributed by atoms with Crippen LogP contribution in [0.5, 0.6) is 0 Å². The standard InChI is InChI=1S/C9H5ClN2O4/c10-9-5(3-8(13)14)1-2-7(12(15)16)6(9)4-11/h1-2H,3H2,(H,13,14). The van der Waals surface area contributed by atoms with E-state index >= 15 is 0 Å². The first-order valence-corrected chi connectivity index (χ1v) is 4.42. The van der Waals surface area contributed by atoms with E-state index < -0.39 is 16.6 Å². The molecule has 16 heavy (non-hydrogen) atoms. The van der Waals surface area contributed by atoms with E-state index in [-0.39, 0.29) is 22.6 Å². The fourth-order valence-electron chi connectivity index (χ4n) is 1.17. The van der Waals surface area contributed by atoms with E-state index in [2.05, 4.69) is 0 Å². The molecule has 0 radical (unpaired) electrons. The van der Waals surface area contributed by atoms with E-state index in [1.807, 2.05) is 0 Å². The lowest BCUT2D eigenvalue weighted by Crippen LogP contribution is -2.03. The lowest BCUT2D eigenvalue weighted by Gasteiger charge is -2.03. The molecule has 0 atom stereocenters. The Morgan fingerprint density at radius 3 is 2.69 bits per heavy atom. The maximum absolute atomic E-state index is 10.5. The van der Waals surface area contributed by atoms with E-state index in [0.29, 0.717) is 0 Å². The Balaban J connectivity index is 3.35. The summed E-state index contributed by atoms with van der Waals surface area (Å²) in [6.45, 7) is 0. The molecule has 0 saturated carbocycles. The van der Waals surface area contributed by atoms with Gasteiger partial charge in [-0.1, -0.05) is 17.7 Å². The largest absolute Gasteiger partial charge is 0.481 e. The van der Waals surface area contributed by atoms with Crippen molar-refractivity contribution >= 4 is 23.3 Å². The van der Waals surface area contributed by atoms with Crippen molar-refractivity contribution in [2.24, 2.45) is 0 Å². The number of nitro benzene ring substituents is 1. The second-order valence-corrected chi connectivity index (χ2v) is 3.25. The SMILES string of the molecule is N#Cc1c([N+](=O)[O-])ccc(CC(=O)O)c1Cl. The predicted octanol–water partition coefficient (Wildman–Crippen LogP) is 1.75. The second-order valence-electron chi connectivity index (χ2n) is 2.87. The average Bonchev–Trinajstić information content (AvgIpc) is 2.19.